The number of hydrogen-bond acceptors (Lipinski definition) is 2. The molecule has 0 bridgehead atoms. The first-order valence-corrected chi connectivity index (χ1v) is 7.18. The Labute approximate surface area is 121 Å². The van der Waals surface area contributed by atoms with E-state index in [4.69, 9.17) is 4.42 Å². The highest BCUT2D eigenvalue weighted by Crippen LogP contribution is 2.22. The van der Waals surface area contributed by atoms with Gasteiger partial charge in [0.1, 0.15) is 5.82 Å². The Morgan fingerprint density at radius 1 is 1.37 bits per heavy atom. The van der Waals surface area contributed by atoms with E-state index in [0.29, 0.717) is 0 Å². The molecule has 0 spiro atoms. The van der Waals surface area contributed by atoms with Crippen molar-refractivity contribution in [3.8, 4) is 0 Å². The van der Waals surface area contributed by atoms with Gasteiger partial charge in [0.25, 0.3) is 0 Å². The summed E-state index contributed by atoms with van der Waals surface area (Å²) >= 11 is 3.33. The van der Waals surface area contributed by atoms with E-state index in [1.165, 1.54) is 6.07 Å². The molecule has 1 aromatic heterocycles. The minimum absolute atomic E-state index is 0.146. The molecule has 19 heavy (non-hydrogen) atoms. The topological polar surface area (TPSA) is 25.2 Å². The van der Waals surface area contributed by atoms with Crippen molar-refractivity contribution >= 4 is 15.9 Å². The summed E-state index contributed by atoms with van der Waals surface area (Å²) in [6, 6.07) is 7.08. The van der Waals surface area contributed by atoms with Gasteiger partial charge in [-0.2, -0.15) is 0 Å². The molecule has 1 N–H and O–H groups in total. The first-order valence-electron chi connectivity index (χ1n) is 6.39. The Balaban J connectivity index is 2.15. The molecular formula is C15H17BrFNO. The van der Waals surface area contributed by atoms with Gasteiger partial charge < -0.3 is 9.73 Å². The van der Waals surface area contributed by atoms with Crippen molar-refractivity contribution in [2.75, 3.05) is 6.54 Å². The molecule has 2 nitrogen and oxygen atoms in total. The lowest BCUT2D eigenvalue weighted by Gasteiger charge is -2.17. The van der Waals surface area contributed by atoms with Crippen LogP contribution in [0.4, 0.5) is 4.39 Å². The van der Waals surface area contributed by atoms with E-state index in [1.807, 2.05) is 12.1 Å². The molecule has 2 rings (SSSR count). The van der Waals surface area contributed by atoms with Crippen LogP contribution in [0, 0.1) is 5.82 Å². The number of furan rings is 1. The smallest absolute Gasteiger partial charge is 0.124 e. The van der Waals surface area contributed by atoms with Crippen molar-refractivity contribution in [1.29, 1.82) is 0 Å². The van der Waals surface area contributed by atoms with Gasteiger partial charge in [0.15, 0.2) is 0 Å². The maximum atomic E-state index is 13.4. The van der Waals surface area contributed by atoms with Crippen LogP contribution in [0.25, 0.3) is 0 Å². The van der Waals surface area contributed by atoms with Gasteiger partial charge in [-0.25, -0.2) is 4.39 Å². The molecule has 0 aliphatic carbocycles. The van der Waals surface area contributed by atoms with Crippen molar-refractivity contribution in [3.05, 3.63) is 58.2 Å². The zero-order valence-corrected chi connectivity index (χ0v) is 12.4. The molecule has 0 saturated heterocycles. The summed E-state index contributed by atoms with van der Waals surface area (Å²) in [6.45, 7) is 3.05. The highest BCUT2D eigenvalue weighted by Gasteiger charge is 2.13. The van der Waals surface area contributed by atoms with Crippen molar-refractivity contribution in [2.45, 2.75) is 25.8 Å². The van der Waals surface area contributed by atoms with Crippen LogP contribution in [0.1, 0.15) is 30.5 Å². The molecule has 1 aromatic carbocycles. The fraction of sp³-hybridized carbons (Fsp3) is 0.333. The molecule has 1 atom stereocenters. The quantitative estimate of drug-likeness (QED) is 0.847. The Morgan fingerprint density at radius 3 is 2.84 bits per heavy atom. The zero-order valence-electron chi connectivity index (χ0n) is 10.8. The maximum Gasteiger partial charge on any atom is 0.124 e. The summed E-state index contributed by atoms with van der Waals surface area (Å²) in [7, 11) is 0. The lowest BCUT2D eigenvalue weighted by molar-refractivity contribution is 0.511. The van der Waals surface area contributed by atoms with E-state index in [1.54, 1.807) is 18.6 Å². The van der Waals surface area contributed by atoms with Gasteiger partial charge in [-0.1, -0.05) is 22.9 Å². The predicted octanol–water partition coefficient (Wildman–Crippen LogP) is 4.46. The van der Waals surface area contributed by atoms with Gasteiger partial charge in [-0.15, -0.1) is 0 Å². The van der Waals surface area contributed by atoms with Gasteiger partial charge >= 0.3 is 0 Å². The van der Waals surface area contributed by atoms with Gasteiger partial charge in [0.05, 0.1) is 12.5 Å². The minimum atomic E-state index is -0.217. The van der Waals surface area contributed by atoms with Crippen molar-refractivity contribution in [1.82, 2.24) is 5.32 Å². The summed E-state index contributed by atoms with van der Waals surface area (Å²) in [5.41, 5.74) is 2.05. The van der Waals surface area contributed by atoms with Gasteiger partial charge in [-0.05, 0) is 49.2 Å². The highest BCUT2D eigenvalue weighted by molar-refractivity contribution is 9.10. The largest absolute Gasteiger partial charge is 0.472 e. The Morgan fingerprint density at radius 2 is 2.21 bits per heavy atom. The summed E-state index contributed by atoms with van der Waals surface area (Å²) in [6.07, 6.45) is 5.19. The molecule has 1 heterocycles. The lowest BCUT2D eigenvalue weighted by atomic mass is 10.0. The number of benzene rings is 1. The predicted molar refractivity (Wildman–Crippen MR) is 77.5 cm³/mol. The molecule has 0 radical (unpaired) electrons. The highest BCUT2D eigenvalue weighted by atomic mass is 79.9. The fourth-order valence-electron chi connectivity index (χ4n) is 2.06. The first-order chi connectivity index (χ1) is 9.19. The summed E-state index contributed by atoms with van der Waals surface area (Å²) in [5.74, 6) is -0.217. The Kier molecular flexibility index (Phi) is 5.16. The van der Waals surface area contributed by atoms with Gasteiger partial charge in [0, 0.05) is 16.1 Å². The summed E-state index contributed by atoms with van der Waals surface area (Å²) in [5, 5.41) is 3.46. The third kappa shape index (κ3) is 4.18. The van der Waals surface area contributed by atoms with E-state index in [0.717, 1.165) is 35.0 Å². The molecule has 0 amide bonds. The number of rotatable bonds is 6. The standard InChI is InChI=1S/C15H17BrFNO/c1-2-4-18-15(12-3-5-19-10-12)8-11-6-13(16)9-14(17)7-11/h3,5-7,9-10,15,18H,2,4,8H2,1H3. The second-order valence-corrected chi connectivity index (χ2v) is 5.46. The molecule has 0 saturated carbocycles. The molecule has 102 valence electrons. The average Bonchev–Trinajstić information content (AvgIpc) is 2.87. The number of halogens is 2. The van der Waals surface area contributed by atoms with Gasteiger partial charge in [0.2, 0.25) is 0 Å². The Hall–Kier alpha value is -1.13. The van der Waals surface area contributed by atoms with Crippen LogP contribution in [0.3, 0.4) is 0 Å². The minimum Gasteiger partial charge on any atom is -0.472 e. The van der Waals surface area contributed by atoms with Crippen molar-refractivity contribution < 1.29 is 8.81 Å². The molecule has 0 fully saturated rings. The van der Waals surface area contributed by atoms with E-state index in [2.05, 4.69) is 28.2 Å². The van der Waals surface area contributed by atoms with Crippen LogP contribution < -0.4 is 5.32 Å². The van der Waals surface area contributed by atoms with Crippen LogP contribution in [0.2, 0.25) is 0 Å². The van der Waals surface area contributed by atoms with E-state index in [-0.39, 0.29) is 11.9 Å². The second-order valence-electron chi connectivity index (χ2n) is 4.55. The number of nitrogens with one attached hydrogen (secondary N) is 1. The van der Waals surface area contributed by atoms with Crippen LogP contribution >= 0.6 is 15.9 Å². The molecular weight excluding hydrogens is 309 g/mol. The third-order valence-corrected chi connectivity index (χ3v) is 3.41. The van der Waals surface area contributed by atoms with Crippen molar-refractivity contribution in [2.24, 2.45) is 0 Å². The fourth-order valence-corrected chi connectivity index (χ4v) is 2.58. The summed E-state index contributed by atoms with van der Waals surface area (Å²) in [4.78, 5) is 0. The van der Waals surface area contributed by atoms with Crippen LogP contribution in [0.15, 0.2) is 45.7 Å². The summed E-state index contributed by atoms with van der Waals surface area (Å²) < 4.78 is 19.3. The monoisotopic (exact) mass is 325 g/mol. The maximum absolute atomic E-state index is 13.4. The zero-order chi connectivity index (χ0) is 13.7. The van der Waals surface area contributed by atoms with Crippen LogP contribution in [0.5, 0.6) is 0 Å². The molecule has 4 heteroatoms. The first kappa shape index (κ1) is 14.3. The SMILES string of the molecule is CCCNC(Cc1cc(F)cc(Br)c1)c1ccoc1. The van der Waals surface area contributed by atoms with E-state index >= 15 is 0 Å². The van der Waals surface area contributed by atoms with E-state index in [9.17, 15) is 4.39 Å². The molecule has 2 aromatic rings. The van der Waals surface area contributed by atoms with Crippen LogP contribution in [-0.2, 0) is 6.42 Å². The lowest BCUT2D eigenvalue weighted by Crippen LogP contribution is -2.23. The molecule has 0 aliphatic heterocycles. The van der Waals surface area contributed by atoms with E-state index < -0.39 is 0 Å². The van der Waals surface area contributed by atoms with Crippen molar-refractivity contribution in [3.63, 3.8) is 0 Å². The normalized spacial score (nSPS) is 12.6. The van der Waals surface area contributed by atoms with Gasteiger partial charge in [-0.3, -0.25) is 0 Å². The van der Waals surface area contributed by atoms with Crippen LogP contribution in [-0.4, -0.2) is 6.54 Å². The average molecular weight is 326 g/mol. The second kappa shape index (κ2) is 6.87. The number of hydrogen-bond donors (Lipinski definition) is 1. The Bertz CT molecular complexity index is 493. The molecule has 1 unspecified atom stereocenters. The third-order valence-electron chi connectivity index (χ3n) is 2.95. The molecule has 0 aliphatic rings.